The lowest BCUT2D eigenvalue weighted by atomic mass is 10.0. The summed E-state index contributed by atoms with van der Waals surface area (Å²) >= 11 is 1.42. The molecule has 3 aromatic rings. The smallest absolute Gasteiger partial charge is 0.387 e. The fraction of sp³-hybridized carbons (Fsp3) is 0.278. The summed E-state index contributed by atoms with van der Waals surface area (Å²) in [6.45, 7) is 1.90. The lowest BCUT2D eigenvalue weighted by molar-refractivity contribution is -0.122. The third-order valence-electron chi connectivity index (χ3n) is 3.75. The van der Waals surface area contributed by atoms with Crippen molar-refractivity contribution in [2.75, 3.05) is 0 Å². The van der Waals surface area contributed by atoms with E-state index in [0.717, 1.165) is 28.0 Å². The predicted molar refractivity (Wildman–Crippen MR) is 96.3 cm³/mol. The molecule has 2 aromatic heterocycles. The number of aromatic nitrogens is 2. The van der Waals surface area contributed by atoms with Crippen LogP contribution in [0.25, 0.3) is 10.8 Å². The first kappa shape index (κ1) is 17.2. The number of carbonyl (C=O) groups excluding carboxylic acids is 1. The van der Waals surface area contributed by atoms with Crippen molar-refractivity contribution in [1.82, 2.24) is 15.1 Å². The number of hydrogen-bond donors (Lipinski definition) is 1. The van der Waals surface area contributed by atoms with E-state index in [4.69, 9.17) is 4.42 Å². The van der Waals surface area contributed by atoms with Gasteiger partial charge in [0.1, 0.15) is 6.54 Å². The highest BCUT2D eigenvalue weighted by molar-refractivity contribution is 7.13. The monoisotopic (exact) mass is 357 g/mol. The van der Waals surface area contributed by atoms with Gasteiger partial charge in [0, 0.05) is 0 Å². The number of benzene rings is 1. The summed E-state index contributed by atoms with van der Waals surface area (Å²) in [7, 11) is 0. The molecule has 1 atom stereocenters. The number of amides is 1. The van der Waals surface area contributed by atoms with Crippen LogP contribution in [-0.2, 0) is 11.3 Å². The van der Waals surface area contributed by atoms with Gasteiger partial charge in [-0.1, -0.05) is 49.7 Å². The van der Waals surface area contributed by atoms with Gasteiger partial charge in [-0.25, -0.2) is 4.79 Å². The van der Waals surface area contributed by atoms with Gasteiger partial charge in [0.05, 0.1) is 10.9 Å². The molecular weight excluding hydrogens is 338 g/mol. The molecule has 130 valence electrons. The maximum Gasteiger partial charge on any atom is 0.437 e. The molecule has 1 amide bonds. The van der Waals surface area contributed by atoms with Crippen molar-refractivity contribution in [3.63, 3.8) is 0 Å². The van der Waals surface area contributed by atoms with Crippen molar-refractivity contribution < 1.29 is 9.21 Å². The minimum atomic E-state index is -0.634. The van der Waals surface area contributed by atoms with E-state index in [2.05, 4.69) is 17.3 Å². The Morgan fingerprint density at radius 3 is 2.76 bits per heavy atom. The Balaban J connectivity index is 1.70. The van der Waals surface area contributed by atoms with E-state index in [1.807, 2.05) is 47.8 Å². The second kappa shape index (κ2) is 7.94. The maximum atomic E-state index is 12.4. The number of carbonyl (C=O) groups is 1. The maximum absolute atomic E-state index is 12.4. The van der Waals surface area contributed by atoms with Crippen LogP contribution < -0.4 is 11.1 Å². The summed E-state index contributed by atoms with van der Waals surface area (Å²) < 4.78 is 6.18. The first-order valence-corrected chi connectivity index (χ1v) is 9.01. The van der Waals surface area contributed by atoms with Gasteiger partial charge in [0.2, 0.25) is 5.91 Å². The molecular formula is C18H19N3O3S. The minimum Gasteiger partial charge on any atom is -0.387 e. The van der Waals surface area contributed by atoms with Crippen LogP contribution in [0.1, 0.15) is 31.4 Å². The molecule has 7 heteroatoms. The molecule has 0 unspecified atom stereocenters. The summed E-state index contributed by atoms with van der Waals surface area (Å²) in [5.74, 6) is -0.665. The molecule has 0 saturated carbocycles. The van der Waals surface area contributed by atoms with E-state index < -0.39 is 5.76 Å². The van der Waals surface area contributed by atoms with Gasteiger partial charge in [-0.05, 0) is 23.4 Å². The zero-order valence-electron chi connectivity index (χ0n) is 13.8. The Morgan fingerprint density at radius 2 is 2.08 bits per heavy atom. The molecule has 6 nitrogen and oxygen atoms in total. The van der Waals surface area contributed by atoms with E-state index in [1.165, 1.54) is 11.3 Å². The first-order valence-electron chi connectivity index (χ1n) is 8.13. The molecule has 3 rings (SSSR count). The lowest BCUT2D eigenvalue weighted by Crippen LogP contribution is -2.34. The second-order valence-corrected chi connectivity index (χ2v) is 6.58. The summed E-state index contributed by atoms with van der Waals surface area (Å²) in [5, 5.41) is 8.95. The molecule has 0 aliphatic carbocycles. The highest BCUT2D eigenvalue weighted by Crippen LogP contribution is 2.21. The largest absolute Gasteiger partial charge is 0.437 e. The van der Waals surface area contributed by atoms with E-state index in [9.17, 15) is 9.59 Å². The van der Waals surface area contributed by atoms with Crippen molar-refractivity contribution >= 4 is 17.2 Å². The van der Waals surface area contributed by atoms with Gasteiger partial charge < -0.3 is 9.73 Å². The van der Waals surface area contributed by atoms with Crippen molar-refractivity contribution in [2.24, 2.45) is 0 Å². The Labute approximate surface area is 149 Å². The molecule has 0 radical (unpaired) electrons. The van der Waals surface area contributed by atoms with Crippen LogP contribution in [0.5, 0.6) is 0 Å². The average molecular weight is 357 g/mol. The van der Waals surface area contributed by atoms with Gasteiger partial charge in [-0.15, -0.1) is 16.4 Å². The molecule has 0 aliphatic rings. The van der Waals surface area contributed by atoms with Gasteiger partial charge in [-0.3, -0.25) is 4.79 Å². The molecule has 1 N–H and O–H groups in total. The van der Waals surface area contributed by atoms with Crippen LogP contribution in [0, 0.1) is 0 Å². The van der Waals surface area contributed by atoms with Crippen molar-refractivity contribution in [3.8, 4) is 10.8 Å². The van der Waals surface area contributed by atoms with Crippen LogP contribution in [0.3, 0.4) is 0 Å². The summed E-state index contributed by atoms with van der Waals surface area (Å²) in [6.07, 6.45) is 1.76. The molecule has 1 aromatic carbocycles. The zero-order chi connectivity index (χ0) is 17.6. The first-order chi connectivity index (χ1) is 12.2. The Hall–Kier alpha value is -2.67. The highest BCUT2D eigenvalue weighted by atomic mass is 32.1. The van der Waals surface area contributed by atoms with Crippen LogP contribution in [0.4, 0.5) is 0 Å². The van der Waals surface area contributed by atoms with Gasteiger partial charge in [-0.2, -0.15) is 4.68 Å². The van der Waals surface area contributed by atoms with E-state index >= 15 is 0 Å². The highest BCUT2D eigenvalue weighted by Gasteiger charge is 2.17. The van der Waals surface area contributed by atoms with E-state index in [0.29, 0.717) is 0 Å². The molecule has 2 heterocycles. The number of nitrogens with one attached hydrogen (secondary N) is 1. The van der Waals surface area contributed by atoms with Gasteiger partial charge >= 0.3 is 5.76 Å². The van der Waals surface area contributed by atoms with Crippen LogP contribution >= 0.6 is 11.3 Å². The summed E-state index contributed by atoms with van der Waals surface area (Å²) in [5.41, 5.74) is 1.05. The molecule has 0 fully saturated rings. The Morgan fingerprint density at radius 1 is 1.28 bits per heavy atom. The molecule has 0 spiro atoms. The fourth-order valence-corrected chi connectivity index (χ4v) is 3.22. The normalized spacial score (nSPS) is 12.0. The average Bonchev–Trinajstić information content (AvgIpc) is 3.26. The van der Waals surface area contributed by atoms with Crippen molar-refractivity contribution in [1.29, 1.82) is 0 Å². The summed E-state index contributed by atoms with van der Waals surface area (Å²) in [4.78, 5) is 25.0. The number of hydrogen-bond acceptors (Lipinski definition) is 5. The standard InChI is InChI=1S/C18H19N3O3S/c1-2-7-14(13-8-4-3-5-9-13)19-16(22)12-21-18(23)24-17(20-21)15-10-6-11-25-15/h3-6,8-11,14H,2,7,12H2,1H3,(H,19,22)/t14-/m1/s1. The lowest BCUT2D eigenvalue weighted by Gasteiger charge is -2.18. The fourth-order valence-electron chi connectivity index (χ4n) is 2.58. The van der Waals surface area contributed by atoms with Crippen molar-refractivity contribution in [3.05, 3.63) is 64.0 Å². The van der Waals surface area contributed by atoms with Crippen molar-refractivity contribution in [2.45, 2.75) is 32.4 Å². The number of thiophene rings is 1. The van der Waals surface area contributed by atoms with Crippen LogP contribution in [0.2, 0.25) is 0 Å². The molecule has 0 aliphatic heterocycles. The van der Waals surface area contributed by atoms with E-state index in [-0.39, 0.29) is 24.4 Å². The number of nitrogens with zero attached hydrogens (tertiary/aromatic N) is 2. The van der Waals surface area contributed by atoms with E-state index in [1.54, 1.807) is 0 Å². The third kappa shape index (κ3) is 4.24. The molecule has 0 saturated heterocycles. The predicted octanol–water partition coefficient (Wildman–Crippen LogP) is 3.22. The molecule has 25 heavy (non-hydrogen) atoms. The quantitative estimate of drug-likeness (QED) is 0.704. The van der Waals surface area contributed by atoms with Gasteiger partial charge in [0.15, 0.2) is 0 Å². The second-order valence-electron chi connectivity index (χ2n) is 5.63. The minimum absolute atomic E-state index is 0.0851. The number of rotatable bonds is 7. The topological polar surface area (TPSA) is 77.1 Å². The third-order valence-corrected chi connectivity index (χ3v) is 4.60. The summed E-state index contributed by atoms with van der Waals surface area (Å²) in [6, 6.07) is 13.4. The van der Waals surface area contributed by atoms with Gasteiger partial charge in [0.25, 0.3) is 5.89 Å². The van der Waals surface area contributed by atoms with Crippen LogP contribution in [0.15, 0.2) is 57.1 Å². The Kier molecular flexibility index (Phi) is 5.45. The molecule has 0 bridgehead atoms. The Bertz CT molecular complexity index is 869. The SMILES string of the molecule is CCC[C@@H](NC(=O)Cn1nc(-c2cccs2)oc1=O)c1ccccc1. The van der Waals surface area contributed by atoms with Crippen LogP contribution in [-0.4, -0.2) is 15.7 Å². The zero-order valence-corrected chi connectivity index (χ0v) is 14.7.